The molecule has 0 amide bonds. The summed E-state index contributed by atoms with van der Waals surface area (Å²) in [6.07, 6.45) is 2.05. The average molecular weight is 304 g/mol. The molecule has 2 aromatic carbocycles. The zero-order valence-electron chi connectivity index (χ0n) is 11.3. The fraction of sp³-hybridized carbons (Fsp3) is 0.133. The van der Waals surface area contributed by atoms with Crippen LogP contribution in [0.1, 0.15) is 5.56 Å². The number of thioether (sulfide) groups is 1. The van der Waals surface area contributed by atoms with Gasteiger partial charge in [-0.25, -0.2) is 0 Å². The Balaban J connectivity index is 2.37. The summed E-state index contributed by atoms with van der Waals surface area (Å²) >= 11 is 6.78. The molecule has 0 aliphatic carbocycles. The molecule has 104 valence electrons. The number of nitrogens with two attached hydrogens (primary N) is 1. The minimum absolute atomic E-state index is 0.358. The van der Waals surface area contributed by atoms with Crippen molar-refractivity contribution >= 4 is 40.3 Å². The van der Waals surface area contributed by atoms with E-state index in [9.17, 15) is 0 Å². The van der Waals surface area contributed by atoms with Crippen LogP contribution < -0.4 is 15.8 Å². The Morgan fingerprint density at radius 2 is 2.05 bits per heavy atom. The van der Waals surface area contributed by atoms with Gasteiger partial charge in [0.1, 0.15) is 10.7 Å². The summed E-state index contributed by atoms with van der Waals surface area (Å²) in [6.45, 7) is 0. The largest absolute Gasteiger partial charge is 0.497 e. The Morgan fingerprint density at radius 1 is 1.25 bits per heavy atom. The summed E-state index contributed by atoms with van der Waals surface area (Å²) in [4.78, 5) is 1.55. The molecular formula is C15H16N2OS2. The van der Waals surface area contributed by atoms with Crippen molar-refractivity contribution in [1.29, 1.82) is 0 Å². The van der Waals surface area contributed by atoms with E-state index >= 15 is 0 Å². The monoisotopic (exact) mass is 304 g/mol. The fourth-order valence-electron chi connectivity index (χ4n) is 1.82. The maximum Gasteiger partial charge on any atom is 0.120 e. The van der Waals surface area contributed by atoms with E-state index in [0.29, 0.717) is 4.99 Å². The molecule has 0 unspecified atom stereocenters. The number of rotatable bonds is 5. The van der Waals surface area contributed by atoms with E-state index in [4.69, 9.17) is 22.7 Å². The van der Waals surface area contributed by atoms with Gasteiger partial charge in [0.05, 0.1) is 12.8 Å². The van der Waals surface area contributed by atoms with Gasteiger partial charge >= 0.3 is 0 Å². The first-order chi connectivity index (χ1) is 9.63. The molecule has 0 bridgehead atoms. The smallest absolute Gasteiger partial charge is 0.120 e. The summed E-state index contributed by atoms with van der Waals surface area (Å²) < 4.78 is 5.24. The second kappa shape index (κ2) is 6.63. The quantitative estimate of drug-likeness (QED) is 0.650. The second-order valence-corrected chi connectivity index (χ2v) is 5.45. The first-order valence-electron chi connectivity index (χ1n) is 6.03. The molecule has 0 saturated heterocycles. The van der Waals surface area contributed by atoms with Crippen LogP contribution in [0.3, 0.4) is 0 Å². The van der Waals surface area contributed by atoms with Crippen LogP contribution in [0.4, 0.5) is 11.4 Å². The van der Waals surface area contributed by atoms with E-state index in [1.807, 2.05) is 36.6 Å². The summed E-state index contributed by atoms with van der Waals surface area (Å²) in [6, 6.07) is 13.8. The zero-order chi connectivity index (χ0) is 14.5. The Morgan fingerprint density at radius 3 is 2.70 bits per heavy atom. The van der Waals surface area contributed by atoms with Gasteiger partial charge in [0.2, 0.25) is 0 Å². The molecule has 20 heavy (non-hydrogen) atoms. The predicted molar refractivity (Wildman–Crippen MR) is 90.4 cm³/mol. The van der Waals surface area contributed by atoms with E-state index in [1.54, 1.807) is 18.9 Å². The topological polar surface area (TPSA) is 47.3 Å². The van der Waals surface area contributed by atoms with Crippen molar-refractivity contribution < 1.29 is 4.74 Å². The van der Waals surface area contributed by atoms with Crippen LogP contribution in [0, 0.1) is 0 Å². The van der Waals surface area contributed by atoms with Gasteiger partial charge in [0.25, 0.3) is 0 Å². The molecule has 2 rings (SSSR count). The molecule has 2 aromatic rings. The minimum Gasteiger partial charge on any atom is -0.497 e. The molecule has 0 heterocycles. The third kappa shape index (κ3) is 3.43. The first kappa shape index (κ1) is 14.7. The highest BCUT2D eigenvalue weighted by Crippen LogP contribution is 2.27. The van der Waals surface area contributed by atoms with Crippen molar-refractivity contribution in [1.82, 2.24) is 0 Å². The van der Waals surface area contributed by atoms with Crippen molar-refractivity contribution in [2.24, 2.45) is 5.73 Å². The maximum absolute atomic E-state index is 5.76. The second-order valence-electron chi connectivity index (χ2n) is 4.13. The van der Waals surface area contributed by atoms with Gasteiger partial charge in [-0.15, -0.1) is 11.8 Å². The van der Waals surface area contributed by atoms with Gasteiger partial charge < -0.3 is 15.8 Å². The van der Waals surface area contributed by atoms with Gasteiger partial charge in [0.15, 0.2) is 0 Å². The number of ether oxygens (including phenoxy) is 1. The molecule has 0 spiro atoms. The average Bonchev–Trinajstić information content (AvgIpc) is 2.47. The highest BCUT2D eigenvalue weighted by Gasteiger charge is 2.07. The normalized spacial score (nSPS) is 10.1. The summed E-state index contributed by atoms with van der Waals surface area (Å²) in [5, 5.41) is 3.34. The molecule has 0 atom stereocenters. The number of benzene rings is 2. The lowest BCUT2D eigenvalue weighted by Gasteiger charge is -2.13. The maximum atomic E-state index is 5.76. The van der Waals surface area contributed by atoms with Gasteiger partial charge in [-0.2, -0.15) is 0 Å². The molecule has 0 aromatic heterocycles. The first-order valence-corrected chi connectivity index (χ1v) is 7.66. The summed E-state index contributed by atoms with van der Waals surface area (Å²) in [5.74, 6) is 0.758. The van der Waals surface area contributed by atoms with E-state index in [2.05, 4.69) is 17.4 Å². The number of methoxy groups -OCH3 is 1. The minimum atomic E-state index is 0.358. The van der Waals surface area contributed by atoms with E-state index < -0.39 is 0 Å². The standard InChI is InChI=1S/C15H16N2OS2/c1-18-11-6-7-13(15(16)19)14(9-11)17-10-4-3-5-12(8-10)20-2/h3-9,17H,1-2H3,(H2,16,19). The summed E-state index contributed by atoms with van der Waals surface area (Å²) in [5.41, 5.74) is 8.39. The van der Waals surface area contributed by atoms with Crippen molar-refractivity contribution in [3.05, 3.63) is 48.0 Å². The highest BCUT2D eigenvalue weighted by atomic mass is 32.2. The van der Waals surface area contributed by atoms with Crippen LogP contribution in [0.25, 0.3) is 0 Å². The van der Waals surface area contributed by atoms with Crippen LogP contribution in [-0.4, -0.2) is 18.4 Å². The van der Waals surface area contributed by atoms with E-state index in [0.717, 1.165) is 22.7 Å². The third-order valence-electron chi connectivity index (χ3n) is 2.84. The number of nitrogens with one attached hydrogen (secondary N) is 1. The molecule has 3 N–H and O–H groups in total. The van der Waals surface area contributed by atoms with Crippen molar-refractivity contribution in [2.45, 2.75) is 4.90 Å². The Labute approximate surface area is 128 Å². The zero-order valence-corrected chi connectivity index (χ0v) is 13.0. The number of hydrogen-bond donors (Lipinski definition) is 2. The lowest BCUT2D eigenvalue weighted by atomic mass is 10.1. The Bertz CT molecular complexity index is 629. The van der Waals surface area contributed by atoms with Crippen molar-refractivity contribution in [3.8, 4) is 5.75 Å². The highest BCUT2D eigenvalue weighted by molar-refractivity contribution is 7.98. The molecule has 5 heteroatoms. The molecule has 0 aliphatic rings. The van der Waals surface area contributed by atoms with Crippen LogP contribution >= 0.6 is 24.0 Å². The molecule has 0 fully saturated rings. The van der Waals surface area contributed by atoms with Crippen LogP contribution in [0.2, 0.25) is 0 Å². The Hall–Kier alpha value is -1.72. The van der Waals surface area contributed by atoms with Crippen molar-refractivity contribution in [3.63, 3.8) is 0 Å². The van der Waals surface area contributed by atoms with Gasteiger partial charge in [-0.1, -0.05) is 18.3 Å². The number of anilines is 2. The SMILES string of the molecule is COc1ccc(C(N)=S)c(Nc2cccc(SC)c2)c1. The summed E-state index contributed by atoms with van der Waals surface area (Å²) in [7, 11) is 1.63. The lowest BCUT2D eigenvalue weighted by Crippen LogP contribution is -2.12. The predicted octanol–water partition coefficient (Wildman–Crippen LogP) is 3.79. The van der Waals surface area contributed by atoms with Crippen LogP contribution in [-0.2, 0) is 0 Å². The van der Waals surface area contributed by atoms with E-state index in [1.165, 1.54) is 4.90 Å². The van der Waals surface area contributed by atoms with E-state index in [-0.39, 0.29) is 0 Å². The lowest BCUT2D eigenvalue weighted by molar-refractivity contribution is 0.415. The van der Waals surface area contributed by atoms with Crippen molar-refractivity contribution in [2.75, 3.05) is 18.7 Å². The Kier molecular flexibility index (Phi) is 4.87. The van der Waals surface area contributed by atoms with Crippen LogP contribution in [0.15, 0.2) is 47.4 Å². The van der Waals surface area contributed by atoms with Gasteiger partial charge in [-0.3, -0.25) is 0 Å². The van der Waals surface area contributed by atoms with Gasteiger partial charge in [0, 0.05) is 22.2 Å². The molecule has 0 radical (unpaired) electrons. The fourth-order valence-corrected chi connectivity index (χ4v) is 2.46. The molecule has 0 saturated carbocycles. The van der Waals surface area contributed by atoms with Crippen LogP contribution in [0.5, 0.6) is 5.75 Å². The molecular weight excluding hydrogens is 288 g/mol. The third-order valence-corrected chi connectivity index (χ3v) is 3.79. The molecule has 0 aliphatic heterocycles. The molecule has 3 nitrogen and oxygen atoms in total. The van der Waals surface area contributed by atoms with Gasteiger partial charge in [-0.05, 0) is 36.6 Å². The number of hydrogen-bond acceptors (Lipinski definition) is 4. The number of thiocarbonyl (C=S) groups is 1.